The van der Waals surface area contributed by atoms with Crippen LogP contribution in [0.2, 0.25) is 5.02 Å². The van der Waals surface area contributed by atoms with Crippen molar-refractivity contribution < 1.29 is 4.79 Å². The quantitative estimate of drug-likeness (QED) is 0.881. The zero-order chi connectivity index (χ0) is 16.4. The molecule has 4 heteroatoms. The number of carbonyl (C=O) groups is 1. The van der Waals surface area contributed by atoms with Gasteiger partial charge in [0.2, 0.25) is 5.91 Å². The monoisotopic (exact) mass is 334 g/mol. The van der Waals surface area contributed by atoms with Gasteiger partial charge in [-0.15, -0.1) is 0 Å². The van der Waals surface area contributed by atoms with Gasteiger partial charge in [0.1, 0.15) is 0 Å². The van der Waals surface area contributed by atoms with Gasteiger partial charge in [-0.25, -0.2) is 0 Å². The normalized spacial score (nSPS) is 26.1. The lowest BCUT2D eigenvalue weighted by Crippen LogP contribution is -2.51. The number of nitrogens with one attached hydrogen (secondary N) is 1. The molecule has 2 aliphatic rings. The third kappa shape index (κ3) is 3.89. The molecule has 1 saturated carbocycles. The van der Waals surface area contributed by atoms with Crippen molar-refractivity contribution in [3.05, 3.63) is 34.9 Å². The number of hydrogen-bond acceptors (Lipinski definition) is 2. The summed E-state index contributed by atoms with van der Waals surface area (Å²) in [5.41, 5.74) is 1.15. The van der Waals surface area contributed by atoms with Crippen LogP contribution in [0.4, 0.5) is 0 Å². The van der Waals surface area contributed by atoms with Crippen LogP contribution in [0.3, 0.4) is 0 Å². The molecule has 3 nitrogen and oxygen atoms in total. The molecule has 1 heterocycles. The lowest BCUT2D eigenvalue weighted by molar-refractivity contribution is -0.134. The zero-order valence-electron chi connectivity index (χ0n) is 14.1. The van der Waals surface area contributed by atoms with E-state index in [1.807, 2.05) is 18.2 Å². The van der Waals surface area contributed by atoms with E-state index in [0.29, 0.717) is 23.8 Å². The molecule has 1 aromatic rings. The summed E-state index contributed by atoms with van der Waals surface area (Å²) >= 11 is 6.32. The van der Waals surface area contributed by atoms with Crippen molar-refractivity contribution in [1.29, 1.82) is 0 Å². The van der Waals surface area contributed by atoms with Crippen molar-refractivity contribution in [3.63, 3.8) is 0 Å². The Balaban J connectivity index is 1.61. The Bertz CT molecular complexity index is 558. The minimum absolute atomic E-state index is 0.230. The SMILES string of the molecule is CCC1CN(C(=O)C2CC2)CCC1NC(C)c1ccccc1Cl. The van der Waals surface area contributed by atoms with Gasteiger partial charge in [-0.3, -0.25) is 4.79 Å². The number of hydrogen-bond donors (Lipinski definition) is 1. The second kappa shape index (κ2) is 7.23. The summed E-state index contributed by atoms with van der Waals surface area (Å²) in [4.78, 5) is 14.4. The maximum absolute atomic E-state index is 12.3. The van der Waals surface area contributed by atoms with Crippen molar-refractivity contribution in [2.24, 2.45) is 11.8 Å². The van der Waals surface area contributed by atoms with Crippen LogP contribution < -0.4 is 5.32 Å². The first-order valence-corrected chi connectivity index (χ1v) is 9.27. The molecule has 1 aromatic carbocycles. The molecule has 23 heavy (non-hydrogen) atoms. The highest BCUT2D eigenvalue weighted by molar-refractivity contribution is 6.31. The molecule has 0 spiro atoms. The van der Waals surface area contributed by atoms with Crippen LogP contribution >= 0.6 is 11.6 Å². The first-order chi connectivity index (χ1) is 11.1. The van der Waals surface area contributed by atoms with Gasteiger partial charge in [0, 0.05) is 36.1 Å². The molecular formula is C19H27ClN2O. The molecule has 3 atom stereocenters. The summed E-state index contributed by atoms with van der Waals surface area (Å²) in [5.74, 6) is 1.25. The number of rotatable bonds is 5. The first kappa shape index (κ1) is 16.8. The van der Waals surface area contributed by atoms with Gasteiger partial charge in [0.15, 0.2) is 0 Å². The molecule has 2 fully saturated rings. The Kier molecular flexibility index (Phi) is 5.27. The predicted molar refractivity (Wildman–Crippen MR) is 94.5 cm³/mol. The Hall–Kier alpha value is -1.06. The van der Waals surface area contributed by atoms with Crippen LogP contribution in [-0.4, -0.2) is 29.9 Å². The van der Waals surface area contributed by atoms with Crippen LogP contribution in [-0.2, 0) is 4.79 Å². The van der Waals surface area contributed by atoms with E-state index in [4.69, 9.17) is 11.6 Å². The lowest BCUT2D eigenvalue weighted by Gasteiger charge is -2.40. The number of amides is 1. The zero-order valence-corrected chi connectivity index (χ0v) is 14.9. The van der Waals surface area contributed by atoms with Crippen LogP contribution in [0, 0.1) is 11.8 Å². The molecule has 1 N–H and O–H groups in total. The summed E-state index contributed by atoms with van der Waals surface area (Å²) in [6.07, 6.45) is 4.32. The highest BCUT2D eigenvalue weighted by atomic mass is 35.5. The van der Waals surface area contributed by atoms with Gasteiger partial charge >= 0.3 is 0 Å². The third-order valence-corrected chi connectivity index (χ3v) is 5.68. The molecular weight excluding hydrogens is 308 g/mol. The van der Waals surface area contributed by atoms with Crippen molar-refractivity contribution in [2.75, 3.05) is 13.1 Å². The van der Waals surface area contributed by atoms with Crippen molar-refractivity contribution in [3.8, 4) is 0 Å². The highest BCUT2D eigenvalue weighted by Crippen LogP contribution is 2.33. The summed E-state index contributed by atoms with van der Waals surface area (Å²) < 4.78 is 0. The Morgan fingerprint density at radius 2 is 2.09 bits per heavy atom. The maximum atomic E-state index is 12.3. The second-order valence-electron chi connectivity index (χ2n) is 7.03. The molecule has 3 unspecified atom stereocenters. The van der Waals surface area contributed by atoms with Crippen LogP contribution in [0.15, 0.2) is 24.3 Å². The van der Waals surface area contributed by atoms with Crippen molar-refractivity contribution >= 4 is 17.5 Å². The predicted octanol–water partition coefficient (Wildman–Crippen LogP) is 4.03. The fourth-order valence-corrected chi connectivity index (χ4v) is 3.99. The molecule has 3 rings (SSSR count). The average Bonchev–Trinajstić information content (AvgIpc) is 3.39. The third-order valence-electron chi connectivity index (χ3n) is 5.33. The smallest absolute Gasteiger partial charge is 0.225 e. The molecule has 1 aliphatic heterocycles. The fraction of sp³-hybridized carbons (Fsp3) is 0.632. The van der Waals surface area contributed by atoms with Crippen LogP contribution in [0.5, 0.6) is 0 Å². The Labute approximate surface area is 144 Å². The summed E-state index contributed by atoms with van der Waals surface area (Å²) in [7, 11) is 0. The van der Waals surface area contributed by atoms with Gasteiger partial charge in [-0.1, -0.05) is 43.1 Å². The van der Waals surface area contributed by atoms with E-state index in [9.17, 15) is 4.79 Å². The Morgan fingerprint density at radius 1 is 1.35 bits per heavy atom. The largest absolute Gasteiger partial charge is 0.342 e. The van der Waals surface area contributed by atoms with Gasteiger partial charge < -0.3 is 10.2 Å². The van der Waals surface area contributed by atoms with Gasteiger partial charge in [-0.05, 0) is 43.7 Å². The highest BCUT2D eigenvalue weighted by Gasteiger charge is 2.37. The number of likely N-dealkylation sites (tertiary alicyclic amines) is 1. The number of piperidine rings is 1. The summed E-state index contributed by atoms with van der Waals surface area (Å²) in [6.45, 7) is 6.19. The standard InChI is InChI=1S/C19H27ClN2O/c1-3-14-12-22(19(23)15-8-9-15)11-10-18(14)21-13(2)16-6-4-5-7-17(16)20/h4-7,13-15,18,21H,3,8-12H2,1-2H3. The first-order valence-electron chi connectivity index (χ1n) is 8.89. The molecule has 0 bridgehead atoms. The summed E-state index contributed by atoms with van der Waals surface area (Å²) in [5, 5.41) is 4.58. The van der Waals surface area contributed by atoms with Gasteiger partial charge in [-0.2, -0.15) is 0 Å². The van der Waals surface area contributed by atoms with E-state index < -0.39 is 0 Å². The lowest BCUT2D eigenvalue weighted by atomic mass is 9.88. The van der Waals surface area contributed by atoms with E-state index in [2.05, 4.69) is 30.1 Å². The average molecular weight is 335 g/mol. The fourth-order valence-electron chi connectivity index (χ4n) is 3.69. The van der Waals surface area contributed by atoms with E-state index in [1.165, 1.54) is 0 Å². The number of halogens is 1. The van der Waals surface area contributed by atoms with Gasteiger partial charge in [0.05, 0.1) is 0 Å². The molecule has 126 valence electrons. The molecule has 0 radical (unpaired) electrons. The van der Waals surface area contributed by atoms with E-state index in [-0.39, 0.29) is 6.04 Å². The van der Waals surface area contributed by atoms with E-state index >= 15 is 0 Å². The number of nitrogens with zero attached hydrogens (tertiary/aromatic N) is 1. The van der Waals surface area contributed by atoms with Crippen LogP contribution in [0.1, 0.15) is 51.1 Å². The molecule has 0 aromatic heterocycles. The minimum atomic E-state index is 0.230. The molecule has 1 saturated heterocycles. The number of carbonyl (C=O) groups excluding carboxylic acids is 1. The molecule has 1 amide bonds. The second-order valence-corrected chi connectivity index (χ2v) is 7.44. The van der Waals surface area contributed by atoms with Crippen molar-refractivity contribution in [1.82, 2.24) is 10.2 Å². The van der Waals surface area contributed by atoms with Crippen LogP contribution in [0.25, 0.3) is 0 Å². The maximum Gasteiger partial charge on any atom is 0.225 e. The molecule has 1 aliphatic carbocycles. The van der Waals surface area contributed by atoms with Gasteiger partial charge in [0.25, 0.3) is 0 Å². The van der Waals surface area contributed by atoms with Crippen molar-refractivity contribution in [2.45, 2.75) is 51.6 Å². The minimum Gasteiger partial charge on any atom is -0.342 e. The topological polar surface area (TPSA) is 32.3 Å². The van der Waals surface area contributed by atoms with E-state index in [1.54, 1.807) is 0 Å². The number of benzene rings is 1. The van der Waals surface area contributed by atoms with E-state index in [0.717, 1.165) is 49.4 Å². The Morgan fingerprint density at radius 3 is 2.74 bits per heavy atom. The summed E-state index contributed by atoms with van der Waals surface area (Å²) in [6, 6.07) is 8.72.